The van der Waals surface area contributed by atoms with E-state index in [1.807, 2.05) is 70.4 Å². The van der Waals surface area contributed by atoms with Gasteiger partial charge in [-0.25, -0.2) is 0 Å². The average Bonchev–Trinajstić information content (AvgIpc) is 3.17. The lowest BCUT2D eigenvalue weighted by molar-refractivity contribution is 1.36. The number of hydrogen-bond acceptors (Lipinski definition) is 4. The number of halogens is 1. The highest BCUT2D eigenvalue weighted by Gasteiger charge is 2.15. The molecule has 0 saturated heterocycles. The van der Waals surface area contributed by atoms with Crippen LogP contribution in [-0.2, 0) is 0 Å². The normalized spacial score (nSPS) is 11.5. The first kappa shape index (κ1) is 23.5. The smallest absolute Gasteiger partial charge is 0.0740 e. The fourth-order valence-electron chi connectivity index (χ4n) is 2.93. The Hall–Kier alpha value is -2.82. The topological polar surface area (TPSA) is 37.0 Å². The lowest BCUT2D eigenvalue weighted by atomic mass is 10.1. The maximum absolute atomic E-state index is 6.32. The fourth-order valence-corrected chi connectivity index (χ4v) is 4.28. The van der Waals surface area contributed by atoms with Crippen molar-refractivity contribution in [3.05, 3.63) is 89.0 Å². The van der Waals surface area contributed by atoms with Gasteiger partial charge < -0.3 is 10.6 Å². The van der Waals surface area contributed by atoms with Crippen LogP contribution in [0.3, 0.4) is 0 Å². The predicted molar refractivity (Wildman–Crippen MR) is 137 cm³/mol. The summed E-state index contributed by atoms with van der Waals surface area (Å²) in [6.45, 7) is 15.9. The summed E-state index contributed by atoms with van der Waals surface area (Å²) in [5.41, 5.74) is 3.62. The van der Waals surface area contributed by atoms with Crippen LogP contribution < -0.4 is 10.6 Å². The second-order valence-corrected chi connectivity index (χ2v) is 7.78. The number of rotatable bonds is 7. The Balaban J connectivity index is 0.00000155. The number of benzene rings is 1. The van der Waals surface area contributed by atoms with Crippen molar-refractivity contribution in [1.29, 1.82) is 0 Å². The van der Waals surface area contributed by atoms with Crippen LogP contribution in [0.15, 0.2) is 79.3 Å². The highest BCUT2D eigenvalue weighted by molar-refractivity contribution is 7.15. The number of fused-ring (bicyclic) bond motifs is 1. The minimum absolute atomic E-state index is 0.743. The zero-order chi connectivity index (χ0) is 22.1. The van der Waals surface area contributed by atoms with Crippen molar-refractivity contribution in [2.45, 2.75) is 27.7 Å². The molecule has 2 N–H and O–H groups in total. The lowest BCUT2D eigenvalue weighted by Crippen LogP contribution is -1.99. The van der Waals surface area contributed by atoms with E-state index < -0.39 is 0 Å². The van der Waals surface area contributed by atoms with E-state index in [0.717, 1.165) is 48.2 Å². The van der Waals surface area contributed by atoms with Gasteiger partial charge in [0.15, 0.2) is 0 Å². The molecule has 0 atom stereocenters. The molecule has 156 valence electrons. The van der Waals surface area contributed by atoms with Gasteiger partial charge in [0, 0.05) is 32.5 Å². The molecule has 5 heteroatoms. The Morgan fingerprint density at radius 1 is 1.17 bits per heavy atom. The molecule has 3 nitrogen and oxygen atoms in total. The molecular formula is C25H28ClN3S. The summed E-state index contributed by atoms with van der Waals surface area (Å²) >= 11 is 7.94. The molecule has 0 bridgehead atoms. The summed E-state index contributed by atoms with van der Waals surface area (Å²) in [5, 5.41) is 9.55. The second kappa shape index (κ2) is 11.4. The van der Waals surface area contributed by atoms with Gasteiger partial charge in [0.2, 0.25) is 0 Å². The molecule has 3 aromatic rings. The third-order valence-corrected chi connectivity index (χ3v) is 5.62. The van der Waals surface area contributed by atoms with Crippen molar-refractivity contribution in [1.82, 2.24) is 4.98 Å². The van der Waals surface area contributed by atoms with Crippen LogP contribution in [0, 0.1) is 0 Å². The minimum Gasteiger partial charge on any atom is -0.361 e. The summed E-state index contributed by atoms with van der Waals surface area (Å²) in [5.74, 6) is 0. The molecule has 0 spiro atoms. The summed E-state index contributed by atoms with van der Waals surface area (Å²) < 4.78 is 0. The second-order valence-electron chi connectivity index (χ2n) is 6.16. The van der Waals surface area contributed by atoms with Crippen LogP contribution in [0.5, 0.6) is 0 Å². The molecule has 0 aliphatic heterocycles. The van der Waals surface area contributed by atoms with E-state index in [1.165, 1.54) is 0 Å². The van der Waals surface area contributed by atoms with Crippen molar-refractivity contribution in [2.24, 2.45) is 0 Å². The zero-order valence-electron chi connectivity index (χ0n) is 17.9. The minimum atomic E-state index is 0.743. The summed E-state index contributed by atoms with van der Waals surface area (Å²) in [4.78, 5) is 6.38. The number of nitrogens with zero attached hydrogens (tertiary/aromatic N) is 1. The van der Waals surface area contributed by atoms with E-state index in [-0.39, 0.29) is 0 Å². The Bertz CT molecular complexity index is 1080. The first-order valence-electron chi connectivity index (χ1n) is 9.85. The monoisotopic (exact) mass is 437 g/mol. The zero-order valence-corrected chi connectivity index (χ0v) is 19.5. The Labute approximate surface area is 188 Å². The highest BCUT2D eigenvalue weighted by Crippen LogP contribution is 2.39. The first-order chi connectivity index (χ1) is 14.5. The average molecular weight is 438 g/mol. The molecule has 1 aromatic carbocycles. The fraction of sp³-hybridized carbons (Fsp3) is 0.160. The van der Waals surface area contributed by atoms with Crippen LogP contribution in [-0.4, -0.2) is 4.98 Å². The Morgan fingerprint density at radius 2 is 1.90 bits per heavy atom. The summed E-state index contributed by atoms with van der Waals surface area (Å²) in [6.07, 6.45) is 9.33. The van der Waals surface area contributed by atoms with E-state index in [4.69, 9.17) is 11.6 Å². The van der Waals surface area contributed by atoms with Crippen molar-refractivity contribution in [2.75, 3.05) is 10.6 Å². The van der Waals surface area contributed by atoms with E-state index in [2.05, 4.69) is 40.9 Å². The van der Waals surface area contributed by atoms with Crippen molar-refractivity contribution < 1.29 is 0 Å². The number of aromatic nitrogens is 1. The SMILES string of the molecule is C=CNc1cc(C(/C=C\C)=C(/C)Cl)sc1C(=C)Nc1cncc2ccccc12.CC. The van der Waals surface area contributed by atoms with E-state index in [9.17, 15) is 0 Å². The summed E-state index contributed by atoms with van der Waals surface area (Å²) in [7, 11) is 0. The van der Waals surface area contributed by atoms with Gasteiger partial charge >= 0.3 is 0 Å². The van der Waals surface area contributed by atoms with Gasteiger partial charge in [-0.2, -0.15) is 0 Å². The standard InChI is InChI=1S/C23H22ClN3S.C2H6/c1-5-9-18(15(3)24)22-12-20(26-6-2)23(28-22)16(4)27-21-14-25-13-17-10-7-8-11-19(17)21;1-2/h5-14,26-27H,2,4H2,1,3H3;1-2H3/b9-5-,18-15-;. The Kier molecular flexibility index (Phi) is 8.90. The van der Waals surface area contributed by atoms with E-state index in [0.29, 0.717) is 0 Å². The molecule has 0 radical (unpaired) electrons. The number of nitrogens with one attached hydrogen (secondary N) is 2. The molecule has 0 fully saturated rings. The van der Waals surface area contributed by atoms with Crippen LogP contribution in [0.4, 0.5) is 11.4 Å². The quantitative estimate of drug-likeness (QED) is 0.363. The molecule has 0 saturated carbocycles. The Morgan fingerprint density at radius 3 is 2.57 bits per heavy atom. The first-order valence-corrected chi connectivity index (χ1v) is 11.0. The molecule has 0 aliphatic carbocycles. The van der Waals surface area contributed by atoms with Gasteiger partial charge in [-0.1, -0.05) is 75.0 Å². The largest absolute Gasteiger partial charge is 0.361 e. The van der Waals surface area contributed by atoms with Crippen LogP contribution >= 0.6 is 22.9 Å². The van der Waals surface area contributed by atoms with Crippen molar-refractivity contribution in [3.63, 3.8) is 0 Å². The molecule has 2 aromatic heterocycles. The van der Waals surface area contributed by atoms with E-state index >= 15 is 0 Å². The summed E-state index contributed by atoms with van der Waals surface area (Å²) in [6, 6.07) is 10.2. The molecule has 30 heavy (non-hydrogen) atoms. The van der Waals surface area contributed by atoms with Crippen molar-refractivity contribution in [3.8, 4) is 0 Å². The molecule has 0 amide bonds. The van der Waals surface area contributed by atoms with E-state index in [1.54, 1.807) is 17.5 Å². The maximum atomic E-state index is 6.32. The number of anilines is 2. The molecule has 3 rings (SSSR count). The van der Waals surface area contributed by atoms with Gasteiger partial charge in [0.05, 0.1) is 28.1 Å². The van der Waals surface area contributed by atoms with Gasteiger partial charge in [-0.05, 0) is 26.1 Å². The van der Waals surface area contributed by atoms with Gasteiger partial charge in [-0.15, -0.1) is 11.3 Å². The molecular weight excluding hydrogens is 410 g/mol. The lowest BCUT2D eigenvalue weighted by Gasteiger charge is -2.12. The van der Waals surface area contributed by atoms with Gasteiger partial charge in [0.25, 0.3) is 0 Å². The molecule has 0 unspecified atom stereocenters. The van der Waals surface area contributed by atoms with Crippen LogP contribution in [0.2, 0.25) is 0 Å². The van der Waals surface area contributed by atoms with Crippen LogP contribution in [0.1, 0.15) is 37.4 Å². The third-order valence-electron chi connectivity index (χ3n) is 4.19. The number of hydrogen-bond donors (Lipinski definition) is 2. The number of pyridine rings is 1. The predicted octanol–water partition coefficient (Wildman–Crippen LogP) is 8.51. The van der Waals surface area contributed by atoms with Crippen molar-refractivity contribution >= 4 is 56.4 Å². The maximum Gasteiger partial charge on any atom is 0.0740 e. The van der Waals surface area contributed by atoms with Crippen LogP contribution in [0.25, 0.3) is 22.0 Å². The highest BCUT2D eigenvalue weighted by atomic mass is 35.5. The van der Waals surface area contributed by atoms with Gasteiger partial charge in [0.1, 0.15) is 0 Å². The number of thiophene rings is 1. The third kappa shape index (κ3) is 5.41. The molecule has 0 aliphatic rings. The van der Waals surface area contributed by atoms with Gasteiger partial charge in [-0.3, -0.25) is 4.98 Å². The molecule has 2 heterocycles. The number of allylic oxidation sites excluding steroid dienone is 4.